The molecule has 132 valence electrons. The van der Waals surface area contributed by atoms with Gasteiger partial charge < -0.3 is 10.2 Å². The van der Waals surface area contributed by atoms with Crippen LogP contribution in [0.15, 0.2) is 30.3 Å². The van der Waals surface area contributed by atoms with Gasteiger partial charge in [0.25, 0.3) is 0 Å². The molecule has 0 aliphatic carbocycles. The van der Waals surface area contributed by atoms with E-state index < -0.39 is 0 Å². The van der Waals surface area contributed by atoms with Gasteiger partial charge in [-0.05, 0) is 56.8 Å². The van der Waals surface area contributed by atoms with Gasteiger partial charge in [0.2, 0.25) is 5.91 Å². The summed E-state index contributed by atoms with van der Waals surface area (Å²) in [7, 11) is 0. The SMILES string of the molecule is CCCN1CCCC[C@H]1C(=O)NC[C@@H]1CCN(c2ccccc2)C1. The van der Waals surface area contributed by atoms with Crippen molar-refractivity contribution in [2.24, 2.45) is 5.92 Å². The maximum atomic E-state index is 12.6. The highest BCUT2D eigenvalue weighted by Crippen LogP contribution is 2.23. The lowest BCUT2D eigenvalue weighted by molar-refractivity contribution is -0.127. The van der Waals surface area contributed by atoms with Crippen LogP contribution in [0.4, 0.5) is 5.69 Å². The van der Waals surface area contributed by atoms with E-state index in [1.54, 1.807) is 0 Å². The third-order valence-electron chi connectivity index (χ3n) is 5.40. The molecule has 2 atom stereocenters. The first kappa shape index (κ1) is 17.3. The zero-order chi connectivity index (χ0) is 16.8. The number of benzene rings is 1. The Bertz CT molecular complexity index is 517. The van der Waals surface area contributed by atoms with Crippen molar-refractivity contribution in [3.63, 3.8) is 0 Å². The predicted octanol–water partition coefficient (Wildman–Crippen LogP) is 2.89. The Labute approximate surface area is 146 Å². The van der Waals surface area contributed by atoms with Crippen LogP contribution in [-0.4, -0.2) is 49.6 Å². The number of anilines is 1. The molecule has 2 aliphatic heterocycles. The van der Waals surface area contributed by atoms with Crippen LogP contribution in [0.1, 0.15) is 39.0 Å². The molecule has 4 nitrogen and oxygen atoms in total. The third kappa shape index (κ3) is 4.29. The van der Waals surface area contributed by atoms with Crippen LogP contribution in [0.3, 0.4) is 0 Å². The van der Waals surface area contributed by atoms with Crippen molar-refractivity contribution >= 4 is 11.6 Å². The minimum atomic E-state index is 0.102. The maximum Gasteiger partial charge on any atom is 0.237 e. The first-order valence-electron chi connectivity index (χ1n) is 9.59. The molecule has 2 saturated heterocycles. The second-order valence-corrected chi connectivity index (χ2v) is 7.23. The lowest BCUT2D eigenvalue weighted by Gasteiger charge is -2.34. The standard InChI is InChI=1S/C20H31N3O/c1-2-12-22-13-7-6-10-19(22)20(24)21-15-17-11-14-23(16-17)18-8-4-3-5-9-18/h3-5,8-9,17,19H,2,6-7,10-16H2,1H3,(H,21,24)/t17-,19-/m0/s1. The fourth-order valence-electron chi connectivity index (χ4n) is 4.08. The van der Waals surface area contributed by atoms with Gasteiger partial charge in [0.15, 0.2) is 0 Å². The van der Waals surface area contributed by atoms with E-state index in [1.807, 2.05) is 0 Å². The van der Waals surface area contributed by atoms with Gasteiger partial charge in [-0.1, -0.05) is 31.5 Å². The summed E-state index contributed by atoms with van der Waals surface area (Å²) in [6, 6.07) is 10.7. The van der Waals surface area contributed by atoms with Crippen LogP contribution in [0.5, 0.6) is 0 Å². The molecule has 2 heterocycles. The van der Waals surface area contributed by atoms with Crippen molar-refractivity contribution < 1.29 is 4.79 Å². The van der Waals surface area contributed by atoms with Crippen molar-refractivity contribution in [2.45, 2.75) is 45.1 Å². The molecule has 0 unspecified atom stereocenters. The van der Waals surface area contributed by atoms with E-state index in [-0.39, 0.29) is 11.9 Å². The Kier molecular flexibility index (Phi) is 6.13. The van der Waals surface area contributed by atoms with E-state index in [1.165, 1.54) is 24.9 Å². The highest BCUT2D eigenvalue weighted by atomic mass is 16.2. The van der Waals surface area contributed by atoms with E-state index in [4.69, 9.17) is 0 Å². The Morgan fingerprint density at radius 2 is 2.00 bits per heavy atom. The van der Waals surface area contributed by atoms with Gasteiger partial charge in [-0.3, -0.25) is 9.69 Å². The number of para-hydroxylation sites is 1. The quantitative estimate of drug-likeness (QED) is 0.872. The highest BCUT2D eigenvalue weighted by Gasteiger charge is 2.29. The number of carbonyl (C=O) groups excluding carboxylic acids is 1. The first-order chi connectivity index (χ1) is 11.8. The van der Waals surface area contributed by atoms with Crippen molar-refractivity contribution in [1.82, 2.24) is 10.2 Å². The van der Waals surface area contributed by atoms with Crippen LogP contribution < -0.4 is 10.2 Å². The number of hydrogen-bond acceptors (Lipinski definition) is 3. The smallest absolute Gasteiger partial charge is 0.237 e. The summed E-state index contributed by atoms with van der Waals surface area (Å²) in [5, 5.41) is 3.25. The normalized spacial score (nSPS) is 25.0. The average molecular weight is 329 g/mol. The monoisotopic (exact) mass is 329 g/mol. The number of amides is 1. The topological polar surface area (TPSA) is 35.6 Å². The molecule has 3 rings (SSSR count). The van der Waals surface area contributed by atoms with Gasteiger partial charge in [0, 0.05) is 25.3 Å². The molecule has 1 aromatic carbocycles. The maximum absolute atomic E-state index is 12.6. The number of nitrogens with one attached hydrogen (secondary N) is 1. The van der Waals surface area contributed by atoms with Gasteiger partial charge >= 0.3 is 0 Å². The minimum Gasteiger partial charge on any atom is -0.371 e. The average Bonchev–Trinajstić information content (AvgIpc) is 3.10. The van der Waals surface area contributed by atoms with E-state index in [9.17, 15) is 4.79 Å². The lowest BCUT2D eigenvalue weighted by atomic mass is 10.0. The minimum absolute atomic E-state index is 0.102. The summed E-state index contributed by atoms with van der Waals surface area (Å²) in [5.41, 5.74) is 1.30. The lowest BCUT2D eigenvalue weighted by Crippen LogP contribution is -2.50. The number of likely N-dealkylation sites (tertiary alicyclic amines) is 1. The largest absolute Gasteiger partial charge is 0.371 e. The summed E-state index contributed by atoms with van der Waals surface area (Å²) in [5.74, 6) is 0.818. The molecule has 2 fully saturated rings. The van der Waals surface area contributed by atoms with Gasteiger partial charge in [-0.2, -0.15) is 0 Å². The van der Waals surface area contributed by atoms with Crippen LogP contribution in [0.2, 0.25) is 0 Å². The Hall–Kier alpha value is -1.55. The second kappa shape index (κ2) is 8.52. The van der Waals surface area contributed by atoms with E-state index in [0.29, 0.717) is 5.92 Å². The van der Waals surface area contributed by atoms with Crippen molar-refractivity contribution in [3.8, 4) is 0 Å². The number of piperidine rings is 1. The highest BCUT2D eigenvalue weighted by molar-refractivity contribution is 5.81. The Balaban J connectivity index is 1.46. The summed E-state index contributed by atoms with van der Waals surface area (Å²) in [4.78, 5) is 17.4. The zero-order valence-corrected chi connectivity index (χ0v) is 14.9. The molecular formula is C20H31N3O. The Morgan fingerprint density at radius 1 is 1.17 bits per heavy atom. The predicted molar refractivity (Wildman–Crippen MR) is 99.3 cm³/mol. The van der Waals surface area contributed by atoms with Crippen molar-refractivity contribution in [3.05, 3.63) is 30.3 Å². The third-order valence-corrected chi connectivity index (χ3v) is 5.40. The summed E-state index contributed by atoms with van der Waals surface area (Å²) < 4.78 is 0. The van der Waals surface area contributed by atoms with Gasteiger partial charge in [0.1, 0.15) is 0 Å². The van der Waals surface area contributed by atoms with Gasteiger partial charge in [-0.25, -0.2) is 0 Å². The first-order valence-corrected chi connectivity index (χ1v) is 9.59. The van der Waals surface area contributed by atoms with E-state index in [0.717, 1.165) is 45.6 Å². The molecule has 0 spiro atoms. The molecule has 1 N–H and O–H groups in total. The molecular weight excluding hydrogens is 298 g/mol. The number of nitrogens with zero attached hydrogens (tertiary/aromatic N) is 2. The molecule has 0 bridgehead atoms. The van der Waals surface area contributed by atoms with Crippen LogP contribution in [0, 0.1) is 5.92 Å². The second-order valence-electron chi connectivity index (χ2n) is 7.23. The van der Waals surface area contributed by atoms with E-state index in [2.05, 4.69) is 52.4 Å². The molecule has 4 heteroatoms. The zero-order valence-electron chi connectivity index (χ0n) is 14.9. The number of rotatable bonds is 6. The molecule has 1 amide bonds. The molecule has 2 aliphatic rings. The van der Waals surface area contributed by atoms with Crippen LogP contribution >= 0.6 is 0 Å². The number of carbonyl (C=O) groups is 1. The summed E-state index contributed by atoms with van der Waals surface area (Å²) >= 11 is 0. The molecule has 0 saturated carbocycles. The fraction of sp³-hybridized carbons (Fsp3) is 0.650. The molecule has 0 aromatic heterocycles. The van der Waals surface area contributed by atoms with Crippen molar-refractivity contribution in [2.75, 3.05) is 37.6 Å². The number of hydrogen-bond donors (Lipinski definition) is 1. The van der Waals surface area contributed by atoms with Gasteiger partial charge in [0.05, 0.1) is 6.04 Å². The molecule has 1 aromatic rings. The summed E-state index contributed by atoms with van der Waals surface area (Å²) in [6.07, 6.45) is 5.73. The fourth-order valence-corrected chi connectivity index (χ4v) is 4.08. The molecule has 24 heavy (non-hydrogen) atoms. The van der Waals surface area contributed by atoms with Crippen LogP contribution in [0.25, 0.3) is 0 Å². The van der Waals surface area contributed by atoms with Gasteiger partial charge in [-0.15, -0.1) is 0 Å². The van der Waals surface area contributed by atoms with Crippen molar-refractivity contribution in [1.29, 1.82) is 0 Å². The molecule has 0 radical (unpaired) electrons. The van der Waals surface area contributed by atoms with E-state index >= 15 is 0 Å². The van der Waals surface area contributed by atoms with Crippen LogP contribution in [-0.2, 0) is 4.79 Å². The Morgan fingerprint density at radius 3 is 2.79 bits per heavy atom. The summed E-state index contributed by atoms with van der Waals surface area (Å²) in [6.45, 7) is 7.28.